The number of benzene rings is 1. The molecule has 6 heteroatoms. The van der Waals surface area contributed by atoms with Gasteiger partial charge < -0.3 is 17.3 Å². The van der Waals surface area contributed by atoms with Crippen LogP contribution in [0, 0.1) is 25.2 Å². The quantitative estimate of drug-likeness (QED) is 0.278. The fourth-order valence-corrected chi connectivity index (χ4v) is 11.0. The number of fused-ring (bicyclic) bond motifs is 1. The molecule has 2 nitrogen and oxygen atoms in total. The van der Waals surface area contributed by atoms with Crippen LogP contribution in [0.2, 0.25) is 18.6 Å². The normalized spacial score (nSPS) is 27.6. The molecular weight excluding hydrogens is 499 g/mol. The molecule has 1 heterocycles. The zero-order valence-corrected chi connectivity index (χ0v) is 25.6. The van der Waals surface area contributed by atoms with Crippen molar-refractivity contribution in [1.82, 2.24) is 4.57 Å². The van der Waals surface area contributed by atoms with Crippen molar-refractivity contribution in [3.8, 4) is 0 Å². The molecule has 1 aliphatic heterocycles. The molecule has 1 aromatic rings. The van der Waals surface area contributed by atoms with Crippen LogP contribution in [0.5, 0.6) is 0 Å². The molecule has 4 rings (SSSR count). The predicted molar refractivity (Wildman–Crippen MR) is 147 cm³/mol. The van der Waals surface area contributed by atoms with E-state index in [1.54, 1.807) is 5.57 Å². The second-order valence-corrected chi connectivity index (χ2v) is 18.3. The van der Waals surface area contributed by atoms with E-state index in [-0.39, 0.29) is 12.8 Å². The third-order valence-electron chi connectivity index (χ3n) is 7.90. The van der Waals surface area contributed by atoms with Gasteiger partial charge >= 0.3 is 35.6 Å². The van der Waals surface area contributed by atoms with Crippen LogP contribution in [-0.2, 0) is 22.4 Å². The van der Waals surface area contributed by atoms with Gasteiger partial charge in [0.1, 0.15) is 8.24 Å². The standard InChI is InChI=1S/C26H39N2Si.CH3.2ClH.Ti/c1-19-18-24-22(20-10-12-21(13-11-20)26(2,3)4)8-7-9-23(24)25(19)29(5,6)28-16-14-27-15-17-28;;;;/h7-13,19,23-25H,14-18H2,1-6H3;1H3;2*1H;/q2*-1;;;+2/p-2. The Labute approximate surface area is 221 Å². The first-order valence-electron chi connectivity index (χ1n) is 11.9. The van der Waals surface area contributed by atoms with Crippen LogP contribution in [0.15, 0.2) is 42.5 Å². The Balaban J connectivity index is 0.000000914. The summed E-state index contributed by atoms with van der Waals surface area (Å²) in [7, 11) is 8.27. The molecule has 33 heavy (non-hydrogen) atoms. The summed E-state index contributed by atoms with van der Waals surface area (Å²) in [5.74, 6) is 2.18. The van der Waals surface area contributed by atoms with Gasteiger partial charge in [-0.2, -0.15) is 0 Å². The van der Waals surface area contributed by atoms with Gasteiger partial charge in [-0.1, -0.05) is 83.3 Å². The molecule has 0 radical (unpaired) electrons. The van der Waals surface area contributed by atoms with Crippen LogP contribution in [0.4, 0.5) is 0 Å². The van der Waals surface area contributed by atoms with E-state index in [4.69, 9.17) is 18.6 Å². The summed E-state index contributed by atoms with van der Waals surface area (Å²) in [5, 5.41) is 4.60. The Morgan fingerprint density at radius 1 is 1.06 bits per heavy atom. The van der Waals surface area contributed by atoms with Crippen molar-refractivity contribution in [2.45, 2.75) is 58.2 Å². The van der Waals surface area contributed by atoms with E-state index in [0.29, 0.717) is 11.8 Å². The molecule has 3 aliphatic rings. The number of allylic oxidation sites excluding steroid dienone is 4. The van der Waals surface area contributed by atoms with Crippen molar-refractivity contribution >= 4 is 32.4 Å². The Morgan fingerprint density at radius 2 is 1.64 bits per heavy atom. The minimum atomic E-state index is -1.51. The van der Waals surface area contributed by atoms with Gasteiger partial charge in [-0.05, 0) is 64.9 Å². The second-order valence-electron chi connectivity index (χ2n) is 11.1. The fraction of sp³-hybridized carbons (Fsp3) is 0.593. The Hall–Kier alpha value is 0.131. The van der Waals surface area contributed by atoms with Gasteiger partial charge in [-0.15, -0.1) is 13.1 Å². The third kappa shape index (κ3) is 6.67. The molecule has 0 amide bonds. The average molecular weight is 542 g/mol. The van der Waals surface area contributed by atoms with E-state index < -0.39 is 25.3 Å². The molecule has 0 bridgehead atoms. The SMILES string of the molecule is CC1CC2C(c3ccc(C(C)(C)C)cc3)=CC=CC2C1[Si](C)(C)N1CC[N-]CC1.[CH3-].[Cl][Ti][Cl]. The molecule has 0 spiro atoms. The van der Waals surface area contributed by atoms with Gasteiger partial charge in [0.05, 0.1) is 0 Å². The molecule has 184 valence electrons. The number of nitrogens with zero attached hydrogens (tertiary/aromatic N) is 2. The Morgan fingerprint density at radius 3 is 2.18 bits per heavy atom. The Bertz CT molecular complexity index is 810. The summed E-state index contributed by atoms with van der Waals surface area (Å²) in [6, 6.07) is 9.43. The van der Waals surface area contributed by atoms with E-state index in [1.807, 2.05) is 0 Å². The van der Waals surface area contributed by atoms with E-state index in [9.17, 15) is 0 Å². The molecule has 1 saturated heterocycles. The van der Waals surface area contributed by atoms with Crippen molar-refractivity contribution in [1.29, 1.82) is 0 Å². The minimum absolute atomic E-state index is 0. The monoisotopic (exact) mass is 540 g/mol. The molecule has 1 aromatic carbocycles. The van der Waals surface area contributed by atoms with Gasteiger partial charge in [-0.3, -0.25) is 0 Å². The van der Waals surface area contributed by atoms with E-state index in [0.717, 1.165) is 24.5 Å². The topological polar surface area (TPSA) is 17.3 Å². The van der Waals surface area contributed by atoms with Crippen LogP contribution in [-0.4, -0.2) is 39.0 Å². The summed E-state index contributed by atoms with van der Waals surface area (Å²) in [6.45, 7) is 19.1. The van der Waals surface area contributed by atoms with Gasteiger partial charge in [0.25, 0.3) is 0 Å². The first kappa shape index (κ1) is 29.4. The summed E-state index contributed by atoms with van der Waals surface area (Å²) in [6.07, 6.45) is 8.64. The van der Waals surface area contributed by atoms with E-state index in [1.165, 1.54) is 30.6 Å². The van der Waals surface area contributed by atoms with Crippen molar-refractivity contribution in [2.24, 2.45) is 17.8 Å². The molecule has 0 aromatic heterocycles. The van der Waals surface area contributed by atoms with Gasteiger partial charge in [0.15, 0.2) is 0 Å². The Kier molecular flexibility index (Phi) is 11.0. The molecule has 0 N–H and O–H groups in total. The van der Waals surface area contributed by atoms with Crippen molar-refractivity contribution in [3.05, 3.63) is 66.4 Å². The van der Waals surface area contributed by atoms with Crippen molar-refractivity contribution in [2.75, 3.05) is 26.2 Å². The van der Waals surface area contributed by atoms with Crippen LogP contribution in [0.25, 0.3) is 10.9 Å². The molecule has 1 saturated carbocycles. The zero-order chi connectivity index (χ0) is 23.5. The van der Waals surface area contributed by atoms with E-state index >= 15 is 0 Å². The maximum absolute atomic E-state index is 4.89. The van der Waals surface area contributed by atoms with Crippen LogP contribution < -0.4 is 0 Å². The molecular formula is C27H42Cl2N2SiTi-2. The summed E-state index contributed by atoms with van der Waals surface area (Å²) < 4.78 is 2.85. The number of hydrogen-bond donors (Lipinski definition) is 0. The third-order valence-corrected chi connectivity index (χ3v) is 12.6. The summed E-state index contributed by atoms with van der Waals surface area (Å²) in [5.41, 5.74) is 5.48. The van der Waals surface area contributed by atoms with Crippen LogP contribution in [0.3, 0.4) is 0 Å². The number of piperazine rings is 1. The maximum atomic E-state index is 4.89. The predicted octanol–water partition coefficient (Wildman–Crippen LogP) is 8.30. The van der Waals surface area contributed by atoms with Crippen molar-refractivity contribution < 1.29 is 17.0 Å². The van der Waals surface area contributed by atoms with Gasteiger partial charge in [0, 0.05) is 0 Å². The summed E-state index contributed by atoms with van der Waals surface area (Å²) >= 11 is -0.556. The first-order valence-corrected chi connectivity index (χ1v) is 19.3. The first-order chi connectivity index (χ1) is 15.1. The number of rotatable bonds is 3. The molecule has 2 fully saturated rings. The summed E-state index contributed by atoms with van der Waals surface area (Å²) in [4.78, 5) is 0. The molecule has 2 aliphatic carbocycles. The average Bonchev–Trinajstić information content (AvgIpc) is 3.11. The van der Waals surface area contributed by atoms with Crippen LogP contribution in [0.1, 0.15) is 45.2 Å². The fourth-order valence-electron chi connectivity index (χ4n) is 6.37. The second kappa shape index (κ2) is 12.4. The molecule has 4 unspecified atom stereocenters. The molecule has 4 atom stereocenters. The number of hydrogen-bond acceptors (Lipinski definition) is 1. The van der Waals surface area contributed by atoms with E-state index in [2.05, 4.69) is 93.2 Å². The zero-order valence-electron chi connectivity index (χ0n) is 21.5. The number of halogens is 2. The van der Waals surface area contributed by atoms with Crippen LogP contribution >= 0.6 is 18.6 Å². The van der Waals surface area contributed by atoms with Crippen molar-refractivity contribution in [3.63, 3.8) is 0 Å². The van der Waals surface area contributed by atoms with Gasteiger partial charge in [0.2, 0.25) is 0 Å². The van der Waals surface area contributed by atoms with Gasteiger partial charge in [-0.25, -0.2) is 0 Å².